The Kier molecular flexibility index (Phi) is 4.62. The second kappa shape index (κ2) is 6.63. The predicted molar refractivity (Wildman–Crippen MR) is 74.5 cm³/mol. The molecule has 0 bridgehead atoms. The summed E-state index contributed by atoms with van der Waals surface area (Å²) in [6.07, 6.45) is 3.28. The number of carbonyl (C=O) groups is 1. The molecule has 0 saturated heterocycles. The van der Waals surface area contributed by atoms with Gasteiger partial charge in [-0.25, -0.2) is 0 Å². The van der Waals surface area contributed by atoms with E-state index in [0.717, 1.165) is 5.56 Å². The van der Waals surface area contributed by atoms with Crippen molar-refractivity contribution in [2.24, 2.45) is 0 Å². The average Bonchev–Trinajstić information content (AvgIpc) is 2.48. The number of methoxy groups -OCH3 is 1. The lowest BCUT2D eigenvalue weighted by molar-refractivity contribution is 0.0935. The first-order chi connectivity index (χ1) is 9.72. The number of aromatic nitrogens is 2. The van der Waals surface area contributed by atoms with E-state index in [-0.39, 0.29) is 5.56 Å². The molecule has 0 saturated carbocycles. The summed E-state index contributed by atoms with van der Waals surface area (Å²) < 4.78 is 4.83. The molecule has 6 heteroatoms. The molecule has 0 aliphatic carbocycles. The largest absolute Gasteiger partial charge is 0.383 e. The van der Waals surface area contributed by atoms with Crippen LogP contribution in [0.15, 0.2) is 41.5 Å². The third-order valence-corrected chi connectivity index (χ3v) is 2.74. The van der Waals surface area contributed by atoms with E-state index in [4.69, 9.17) is 4.74 Å². The summed E-state index contributed by atoms with van der Waals surface area (Å²) in [6, 6.07) is 6.77. The lowest BCUT2D eigenvalue weighted by Gasteiger charge is -2.05. The highest BCUT2D eigenvalue weighted by molar-refractivity contribution is 5.94. The van der Waals surface area contributed by atoms with Crippen molar-refractivity contribution in [3.63, 3.8) is 0 Å². The minimum absolute atomic E-state index is 0.0823. The maximum absolute atomic E-state index is 11.9. The van der Waals surface area contributed by atoms with Gasteiger partial charge in [0.2, 0.25) is 0 Å². The zero-order chi connectivity index (χ0) is 14.4. The topological polar surface area (TPSA) is 84.1 Å². The van der Waals surface area contributed by atoms with Crippen LogP contribution >= 0.6 is 0 Å². The number of nitrogens with zero attached hydrogens (tertiary/aromatic N) is 1. The van der Waals surface area contributed by atoms with E-state index >= 15 is 0 Å². The van der Waals surface area contributed by atoms with Gasteiger partial charge in [-0.15, -0.1) is 0 Å². The number of H-pyrrole nitrogens is 1. The molecule has 20 heavy (non-hydrogen) atoms. The Morgan fingerprint density at radius 1 is 1.30 bits per heavy atom. The van der Waals surface area contributed by atoms with E-state index in [1.807, 2.05) is 0 Å². The Morgan fingerprint density at radius 2 is 2.05 bits per heavy atom. The van der Waals surface area contributed by atoms with E-state index in [1.54, 1.807) is 37.7 Å². The number of aromatic amines is 1. The lowest BCUT2D eigenvalue weighted by atomic mass is 10.1. The van der Waals surface area contributed by atoms with Crippen LogP contribution in [0.2, 0.25) is 0 Å². The second-order valence-electron chi connectivity index (χ2n) is 4.10. The lowest BCUT2D eigenvalue weighted by Crippen LogP contribution is -2.31. The van der Waals surface area contributed by atoms with Gasteiger partial charge in [0.15, 0.2) is 0 Å². The molecule has 0 atom stereocenters. The number of carbonyl (C=O) groups excluding carboxylic acids is 1. The van der Waals surface area contributed by atoms with E-state index in [2.05, 4.69) is 15.3 Å². The van der Waals surface area contributed by atoms with Crippen molar-refractivity contribution in [1.82, 2.24) is 15.3 Å². The van der Waals surface area contributed by atoms with E-state index in [0.29, 0.717) is 18.8 Å². The number of amides is 1. The third-order valence-electron chi connectivity index (χ3n) is 2.74. The summed E-state index contributed by atoms with van der Waals surface area (Å²) in [5.41, 5.74) is 1.14. The number of hydrogen-bond acceptors (Lipinski definition) is 4. The molecule has 2 rings (SSSR count). The number of ether oxygens (including phenoxy) is 1. The molecule has 0 aliphatic rings. The number of pyridine rings is 2. The van der Waals surface area contributed by atoms with Crippen LogP contribution in [0, 0.1) is 0 Å². The molecule has 2 aromatic rings. The molecule has 0 unspecified atom stereocenters. The predicted octanol–water partition coefficient (Wildman–Crippen LogP) is 0.813. The normalized spacial score (nSPS) is 10.2. The Balaban J connectivity index is 2.18. The van der Waals surface area contributed by atoms with Gasteiger partial charge in [-0.2, -0.15) is 0 Å². The molecule has 1 amide bonds. The van der Waals surface area contributed by atoms with Crippen LogP contribution in [0.4, 0.5) is 0 Å². The van der Waals surface area contributed by atoms with E-state index in [9.17, 15) is 9.59 Å². The molecule has 2 aromatic heterocycles. The fourth-order valence-corrected chi connectivity index (χ4v) is 1.71. The van der Waals surface area contributed by atoms with Crippen molar-refractivity contribution in [2.75, 3.05) is 20.3 Å². The minimum atomic E-state index is -0.422. The summed E-state index contributed by atoms with van der Waals surface area (Å²) >= 11 is 0. The van der Waals surface area contributed by atoms with Crippen molar-refractivity contribution in [3.05, 3.63) is 52.6 Å². The molecule has 6 nitrogen and oxygen atoms in total. The first-order valence-corrected chi connectivity index (χ1v) is 6.13. The van der Waals surface area contributed by atoms with Crippen molar-refractivity contribution in [2.45, 2.75) is 0 Å². The summed E-state index contributed by atoms with van der Waals surface area (Å²) in [5, 5.41) is 2.61. The Bertz CT molecular complexity index is 638. The Labute approximate surface area is 115 Å². The third kappa shape index (κ3) is 3.30. The number of nitrogens with one attached hydrogen (secondary N) is 2. The highest BCUT2D eigenvalue weighted by Gasteiger charge is 2.10. The first kappa shape index (κ1) is 14.0. The van der Waals surface area contributed by atoms with Gasteiger partial charge in [-0.05, 0) is 24.3 Å². The van der Waals surface area contributed by atoms with Crippen LogP contribution < -0.4 is 10.9 Å². The monoisotopic (exact) mass is 273 g/mol. The standard InChI is InChI=1S/C14H15N3O3/c1-20-9-8-16-13(18)11-2-3-12(17-14(11)19)10-4-6-15-7-5-10/h2-7H,8-9H2,1H3,(H,16,18)(H,17,19). The number of rotatable bonds is 5. The molecule has 0 radical (unpaired) electrons. The molecule has 2 N–H and O–H groups in total. The van der Waals surface area contributed by atoms with Gasteiger partial charge in [0.1, 0.15) is 5.56 Å². The summed E-state index contributed by atoms with van der Waals surface area (Å²) in [5.74, 6) is -0.412. The van der Waals surface area contributed by atoms with Crippen LogP contribution in [-0.4, -0.2) is 36.1 Å². The van der Waals surface area contributed by atoms with Crippen LogP contribution in [0.1, 0.15) is 10.4 Å². The SMILES string of the molecule is COCCNC(=O)c1ccc(-c2ccncc2)[nH]c1=O. The molecule has 0 aliphatic heterocycles. The molecular formula is C14H15N3O3. The minimum Gasteiger partial charge on any atom is -0.383 e. The van der Waals surface area contributed by atoms with Crippen molar-refractivity contribution >= 4 is 5.91 Å². The van der Waals surface area contributed by atoms with Gasteiger partial charge < -0.3 is 15.0 Å². The van der Waals surface area contributed by atoms with Gasteiger partial charge >= 0.3 is 0 Å². The molecule has 2 heterocycles. The van der Waals surface area contributed by atoms with Crippen LogP contribution in [-0.2, 0) is 4.74 Å². The quantitative estimate of drug-likeness (QED) is 0.790. The molecule has 104 valence electrons. The molecule has 0 spiro atoms. The van der Waals surface area contributed by atoms with Crippen molar-refractivity contribution in [1.29, 1.82) is 0 Å². The fraction of sp³-hybridized carbons (Fsp3) is 0.214. The van der Waals surface area contributed by atoms with Gasteiger partial charge in [-0.1, -0.05) is 0 Å². The maximum Gasteiger partial charge on any atom is 0.261 e. The van der Waals surface area contributed by atoms with Gasteiger partial charge in [-0.3, -0.25) is 14.6 Å². The van der Waals surface area contributed by atoms with Gasteiger partial charge in [0.05, 0.1) is 6.61 Å². The first-order valence-electron chi connectivity index (χ1n) is 6.13. The summed E-state index contributed by atoms with van der Waals surface area (Å²) in [4.78, 5) is 30.3. The maximum atomic E-state index is 11.9. The average molecular weight is 273 g/mol. The number of hydrogen-bond donors (Lipinski definition) is 2. The van der Waals surface area contributed by atoms with Crippen LogP contribution in [0.3, 0.4) is 0 Å². The highest BCUT2D eigenvalue weighted by atomic mass is 16.5. The highest BCUT2D eigenvalue weighted by Crippen LogP contribution is 2.13. The van der Waals surface area contributed by atoms with Gasteiger partial charge in [0.25, 0.3) is 11.5 Å². The second-order valence-corrected chi connectivity index (χ2v) is 4.10. The summed E-state index contributed by atoms with van der Waals surface area (Å²) in [6.45, 7) is 0.764. The smallest absolute Gasteiger partial charge is 0.261 e. The summed E-state index contributed by atoms with van der Waals surface area (Å²) in [7, 11) is 1.54. The Hall–Kier alpha value is -2.47. The van der Waals surface area contributed by atoms with Crippen LogP contribution in [0.25, 0.3) is 11.3 Å². The molecule has 0 aromatic carbocycles. The van der Waals surface area contributed by atoms with Crippen LogP contribution in [0.5, 0.6) is 0 Å². The molecular weight excluding hydrogens is 258 g/mol. The van der Waals surface area contributed by atoms with E-state index < -0.39 is 11.5 Å². The Morgan fingerprint density at radius 3 is 2.70 bits per heavy atom. The van der Waals surface area contributed by atoms with Crippen molar-refractivity contribution < 1.29 is 9.53 Å². The molecule has 0 fully saturated rings. The fourth-order valence-electron chi connectivity index (χ4n) is 1.71. The van der Waals surface area contributed by atoms with Crippen molar-refractivity contribution in [3.8, 4) is 11.3 Å². The zero-order valence-electron chi connectivity index (χ0n) is 11.1. The van der Waals surface area contributed by atoms with E-state index in [1.165, 1.54) is 6.07 Å². The van der Waals surface area contributed by atoms with Gasteiger partial charge in [0, 0.05) is 37.3 Å². The zero-order valence-corrected chi connectivity index (χ0v) is 11.1.